The fraction of sp³-hybridized carbons (Fsp3) is 0.571. The third-order valence-electron chi connectivity index (χ3n) is 6.05. The number of hydrogen-bond acceptors (Lipinski definition) is 8. The van der Waals surface area contributed by atoms with Gasteiger partial charge < -0.3 is 25.3 Å². The summed E-state index contributed by atoms with van der Waals surface area (Å²) >= 11 is 0. The minimum absolute atomic E-state index is 0.0928. The van der Waals surface area contributed by atoms with E-state index in [0.29, 0.717) is 12.5 Å². The van der Waals surface area contributed by atoms with Crippen molar-refractivity contribution in [2.45, 2.75) is 51.9 Å². The molecule has 4 N–H and O–H groups in total. The van der Waals surface area contributed by atoms with Crippen molar-refractivity contribution in [1.82, 2.24) is 25.3 Å². The van der Waals surface area contributed by atoms with Gasteiger partial charge in [-0.1, -0.05) is 11.2 Å². The summed E-state index contributed by atoms with van der Waals surface area (Å²) in [5, 5.41) is 34.2. The molecule has 3 heterocycles. The van der Waals surface area contributed by atoms with Gasteiger partial charge in [-0.3, -0.25) is 9.80 Å². The van der Waals surface area contributed by atoms with Gasteiger partial charge in [0.2, 0.25) is 5.89 Å². The minimum atomic E-state index is -1.12. The molecule has 2 aromatic rings. The van der Waals surface area contributed by atoms with E-state index in [-0.39, 0.29) is 18.5 Å². The van der Waals surface area contributed by atoms with Crippen molar-refractivity contribution in [1.29, 1.82) is 0 Å². The van der Waals surface area contributed by atoms with Crippen LogP contribution in [0.4, 0.5) is 16.5 Å². The topological polar surface area (TPSA) is 127 Å². The number of piperazine rings is 1. The van der Waals surface area contributed by atoms with Gasteiger partial charge in [0.1, 0.15) is 6.04 Å². The number of aryl methyl sites for hydroxylation is 1. The van der Waals surface area contributed by atoms with Crippen molar-refractivity contribution in [2.75, 3.05) is 31.5 Å². The predicted molar refractivity (Wildman–Crippen MR) is 114 cm³/mol. The van der Waals surface area contributed by atoms with Crippen LogP contribution in [-0.4, -0.2) is 74.6 Å². The number of aromatic nitrogens is 2. The third-order valence-corrected chi connectivity index (χ3v) is 6.05. The Morgan fingerprint density at radius 3 is 2.87 bits per heavy atom. The summed E-state index contributed by atoms with van der Waals surface area (Å²) in [6.07, 6.45) is -1.64. The van der Waals surface area contributed by atoms with E-state index in [0.717, 1.165) is 47.9 Å². The van der Waals surface area contributed by atoms with Gasteiger partial charge in [-0.15, -0.1) is 5.10 Å². The van der Waals surface area contributed by atoms with Crippen molar-refractivity contribution >= 4 is 17.8 Å². The summed E-state index contributed by atoms with van der Waals surface area (Å²) in [6, 6.07) is 4.03. The van der Waals surface area contributed by atoms with E-state index in [9.17, 15) is 15.0 Å². The van der Waals surface area contributed by atoms with Crippen LogP contribution in [-0.2, 0) is 6.54 Å². The van der Waals surface area contributed by atoms with Crippen LogP contribution in [0.25, 0.3) is 0 Å². The Hall–Kier alpha value is -2.69. The number of carboxylic acid groups (broad SMARTS) is 1. The van der Waals surface area contributed by atoms with Crippen molar-refractivity contribution in [3.63, 3.8) is 0 Å². The number of aliphatic hydroxyl groups excluding tert-OH is 1. The van der Waals surface area contributed by atoms with E-state index < -0.39 is 18.2 Å². The average molecular weight is 431 g/mol. The molecule has 0 bridgehead atoms. The molecule has 0 aliphatic carbocycles. The maximum atomic E-state index is 11.4. The van der Waals surface area contributed by atoms with Crippen molar-refractivity contribution < 1.29 is 19.4 Å². The highest BCUT2D eigenvalue weighted by molar-refractivity contribution is 5.66. The highest BCUT2D eigenvalue weighted by Gasteiger charge is 2.41. The first-order valence-corrected chi connectivity index (χ1v) is 10.7. The Bertz CT molecular complexity index is 948. The zero-order chi connectivity index (χ0) is 22.1. The minimum Gasteiger partial charge on any atom is -0.465 e. The molecular formula is C21H30N6O4. The van der Waals surface area contributed by atoms with Crippen LogP contribution >= 0.6 is 0 Å². The van der Waals surface area contributed by atoms with E-state index >= 15 is 0 Å². The van der Waals surface area contributed by atoms with E-state index in [1.54, 1.807) is 0 Å². The fourth-order valence-corrected chi connectivity index (χ4v) is 4.43. The number of nitrogens with zero attached hydrogens (tertiary/aromatic N) is 4. The van der Waals surface area contributed by atoms with Crippen LogP contribution in [0.5, 0.6) is 0 Å². The number of amides is 1. The summed E-state index contributed by atoms with van der Waals surface area (Å²) in [5.41, 5.74) is 4.33. The lowest BCUT2D eigenvalue weighted by Crippen LogP contribution is -2.48. The van der Waals surface area contributed by atoms with Crippen LogP contribution in [0.2, 0.25) is 0 Å². The number of rotatable bonds is 5. The van der Waals surface area contributed by atoms with Gasteiger partial charge >= 0.3 is 12.1 Å². The van der Waals surface area contributed by atoms with Gasteiger partial charge in [-0.2, -0.15) is 0 Å². The normalized spacial score (nSPS) is 24.5. The average Bonchev–Trinajstić information content (AvgIpc) is 3.31. The highest BCUT2D eigenvalue weighted by Crippen LogP contribution is 2.33. The molecule has 1 aromatic carbocycles. The largest absolute Gasteiger partial charge is 0.465 e. The second kappa shape index (κ2) is 8.81. The van der Waals surface area contributed by atoms with Gasteiger partial charge in [0.05, 0.1) is 6.10 Å². The van der Waals surface area contributed by atoms with E-state index in [1.165, 1.54) is 5.56 Å². The quantitative estimate of drug-likeness (QED) is 0.563. The summed E-state index contributed by atoms with van der Waals surface area (Å²) in [5.74, 6) is 0.0928. The second-order valence-corrected chi connectivity index (χ2v) is 8.53. The molecule has 168 valence electrons. The number of nitrogens with one attached hydrogen (secondary N) is 2. The molecule has 31 heavy (non-hydrogen) atoms. The third kappa shape index (κ3) is 4.65. The van der Waals surface area contributed by atoms with Gasteiger partial charge in [0.25, 0.3) is 0 Å². The Labute approximate surface area is 181 Å². The molecule has 2 saturated heterocycles. The molecule has 1 amide bonds. The first-order valence-electron chi connectivity index (χ1n) is 10.7. The molecule has 1 aromatic heterocycles. The molecule has 0 unspecified atom stereocenters. The fourth-order valence-electron chi connectivity index (χ4n) is 4.43. The Morgan fingerprint density at radius 2 is 2.13 bits per heavy atom. The molecule has 2 aliphatic rings. The number of aliphatic hydroxyl groups is 1. The summed E-state index contributed by atoms with van der Waals surface area (Å²) in [6.45, 7) is 10.4. The SMILES string of the molecule is Cc1cc(CN2CCN[C@@H](C)C2)c(C)c(Nc2nnc([C@@H]3[C@H](O)CCN3C(=O)O)o2)c1. The van der Waals surface area contributed by atoms with Gasteiger partial charge in [-0.25, -0.2) is 4.79 Å². The van der Waals surface area contributed by atoms with E-state index in [2.05, 4.69) is 45.6 Å². The Balaban J connectivity index is 1.52. The molecule has 10 heteroatoms. The standard InChI is InChI=1S/C21H30N6O4/c1-12-8-15(11-26-7-5-22-13(2)10-26)14(3)16(9-12)23-20-25-24-19(31-20)18-17(28)4-6-27(18)21(29)30/h8-9,13,17-18,22,28H,4-7,10-11H2,1-3H3,(H,23,25)(H,29,30)/t13-,17+,18-/m0/s1. The molecule has 0 saturated carbocycles. The first kappa shape index (κ1) is 21.5. The van der Waals surface area contributed by atoms with E-state index in [4.69, 9.17) is 4.42 Å². The number of carbonyl (C=O) groups is 1. The molecule has 0 spiro atoms. The van der Waals surface area contributed by atoms with Gasteiger partial charge in [0.15, 0.2) is 0 Å². The lowest BCUT2D eigenvalue weighted by molar-refractivity contribution is 0.0878. The monoisotopic (exact) mass is 430 g/mol. The van der Waals surface area contributed by atoms with Crippen LogP contribution in [0.1, 0.15) is 42.0 Å². The lowest BCUT2D eigenvalue weighted by atomic mass is 10.0. The lowest BCUT2D eigenvalue weighted by Gasteiger charge is -2.32. The smallest absolute Gasteiger partial charge is 0.408 e. The first-order chi connectivity index (χ1) is 14.8. The number of hydrogen-bond donors (Lipinski definition) is 4. The maximum absolute atomic E-state index is 11.4. The predicted octanol–water partition coefficient (Wildman–Crippen LogP) is 2.01. The molecule has 2 fully saturated rings. The Morgan fingerprint density at radius 1 is 1.32 bits per heavy atom. The summed E-state index contributed by atoms with van der Waals surface area (Å²) in [4.78, 5) is 15.0. The van der Waals surface area contributed by atoms with Crippen molar-refractivity contribution in [3.8, 4) is 0 Å². The highest BCUT2D eigenvalue weighted by atomic mass is 16.4. The maximum Gasteiger partial charge on any atom is 0.408 e. The number of anilines is 2. The number of likely N-dealkylation sites (tertiary alicyclic amines) is 1. The second-order valence-electron chi connectivity index (χ2n) is 8.53. The molecule has 10 nitrogen and oxygen atoms in total. The zero-order valence-corrected chi connectivity index (χ0v) is 18.1. The molecule has 4 rings (SSSR count). The van der Waals surface area contributed by atoms with Gasteiger partial charge in [0, 0.05) is 44.5 Å². The molecule has 2 aliphatic heterocycles. The Kier molecular flexibility index (Phi) is 6.12. The van der Waals surface area contributed by atoms with E-state index in [1.807, 2.05) is 13.0 Å². The zero-order valence-electron chi connectivity index (χ0n) is 18.1. The van der Waals surface area contributed by atoms with Crippen LogP contribution in [0, 0.1) is 13.8 Å². The van der Waals surface area contributed by atoms with Crippen LogP contribution in [0.3, 0.4) is 0 Å². The summed E-state index contributed by atoms with van der Waals surface area (Å²) < 4.78 is 5.70. The van der Waals surface area contributed by atoms with Crippen molar-refractivity contribution in [2.24, 2.45) is 0 Å². The van der Waals surface area contributed by atoms with Gasteiger partial charge in [-0.05, 0) is 49.9 Å². The molecule has 3 atom stereocenters. The van der Waals surface area contributed by atoms with Crippen molar-refractivity contribution in [3.05, 3.63) is 34.7 Å². The molecule has 0 radical (unpaired) electrons. The molecular weight excluding hydrogens is 400 g/mol. The summed E-state index contributed by atoms with van der Waals surface area (Å²) in [7, 11) is 0. The van der Waals surface area contributed by atoms with Crippen LogP contribution in [0.15, 0.2) is 16.5 Å². The van der Waals surface area contributed by atoms with Crippen LogP contribution < -0.4 is 10.6 Å². The number of benzene rings is 1.